The molecule has 1 fully saturated rings. The summed E-state index contributed by atoms with van der Waals surface area (Å²) in [6.07, 6.45) is 29.2. The second-order valence-corrected chi connectivity index (χ2v) is 11.4. The van der Waals surface area contributed by atoms with Crippen LogP contribution < -0.4 is 17.3 Å². The lowest BCUT2D eigenvalue weighted by Crippen LogP contribution is -3.11. The van der Waals surface area contributed by atoms with Crippen molar-refractivity contribution in [2.24, 2.45) is 0 Å². The molecule has 1 aromatic carbocycles. The molecule has 2 unspecified atom stereocenters. The average molecular weight is 521 g/mol. The summed E-state index contributed by atoms with van der Waals surface area (Å²) in [5.74, 6) is 0. The Hall–Kier alpha value is -0.570. The van der Waals surface area contributed by atoms with E-state index < -0.39 is 0 Å². The average Bonchev–Trinajstić information content (AvgIpc) is 3.29. The molecule has 1 aliphatic heterocycles. The molecule has 1 N–H and O–H groups in total. The smallest absolute Gasteiger partial charge is 0.170 e. The Labute approximate surface area is 232 Å². The van der Waals surface area contributed by atoms with Gasteiger partial charge in [0.2, 0.25) is 0 Å². The van der Waals surface area contributed by atoms with Crippen molar-refractivity contribution in [3.8, 4) is 0 Å². The van der Waals surface area contributed by atoms with Crippen LogP contribution in [0.1, 0.15) is 154 Å². The van der Waals surface area contributed by atoms with Crippen LogP contribution >= 0.6 is 0 Å². The first-order chi connectivity index (χ1) is 17.4. The van der Waals surface area contributed by atoms with E-state index in [0.29, 0.717) is 6.17 Å². The van der Waals surface area contributed by atoms with Crippen LogP contribution in [0.15, 0.2) is 30.3 Å². The maximum atomic E-state index is 2.81. The first-order valence-electron chi connectivity index (χ1n) is 16.0. The van der Waals surface area contributed by atoms with E-state index in [-0.39, 0.29) is 12.4 Å². The number of benzene rings is 1. The molecule has 0 saturated carbocycles. The Morgan fingerprint density at radius 1 is 0.611 bits per heavy atom. The van der Waals surface area contributed by atoms with E-state index in [4.69, 9.17) is 0 Å². The van der Waals surface area contributed by atoms with Crippen LogP contribution in [-0.2, 0) is 0 Å². The summed E-state index contributed by atoms with van der Waals surface area (Å²) in [6.45, 7) is 9.87. The fourth-order valence-corrected chi connectivity index (χ4v) is 6.04. The van der Waals surface area contributed by atoms with Crippen LogP contribution in [0, 0.1) is 0 Å². The van der Waals surface area contributed by atoms with E-state index in [1.165, 1.54) is 155 Å². The number of nitrogens with one attached hydrogen (secondary N) is 1. The van der Waals surface area contributed by atoms with Gasteiger partial charge in [0, 0.05) is 12.1 Å². The molecule has 1 heterocycles. The lowest BCUT2D eigenvalue weighted by molar-refractivity contribution is -0.925. The van der Waals surface area contributed by atoms with E-state index in [2.05, 4.69) is 49.1 Å². The molecule has 0 spiro atoms. The third kappa shape index (κ3) is 15.0. The molecule has 3 heteroatoms. The van der Waals surface area contributed by atoms with Crippen molar-refractivity contribution >= 4 is 0 Å². The highest BCUT2D eigenvalue weighted by atomic mass is 35.5. The van der Waals surface area contributed by atoms with Crippen molar-refractivity contribution in [2.75, 3.05) is 26.2 Å². The van der Waals surface area contributed by atoms with Crippen molar-refractivity contribution in [3.05, 3.63) is 35.9 Å². The first kappa shape index (κ1) is 33.5. The predicted molar refractivity (Wildman–Crippen MR) is 155 cm³/mol. The lowest BCUT2D eigenvalue weighted by atomic mass is 10.1. The maximum Gasteiger partial charge on any atom is 0.170 e. The van der Waals surface area contributed by atoms with Gasteiger partial charge in [0.05, 0.1) is 19.6 Å². The van der Waals surface area contributed by atoms with Crippen molar-refractivity contribution in [1.29, 1.82) is 0 Å². The van der Waals surface area contributed by atoms with Gasteiger partial charge < -0.3 is 17.3 Å². The topological polar surface area (TPSA) is 7.68 Å². The van der Waals surface area contributed by atoms with Gasteiger partial charge in [-0.1, -0.05) is 153 Å². The minimum Gasteiger partial charge on any atom is -1.00 e. The van der Waals surface area contributed by atoms with Gasteiger partial charge in [-0.2, -0.15) is 0 Å². The SMILES string of the molecule is CCCCCCCCCCCCN1CC[NH+](CCCCCCCCCCCC)C1c1ccccc1.[Cl-]. The number of nitrogens with zero attached hydrogens (tertiary/aromatic N) is 1. The van der Waals surface area contributed by atoms with Crippen molar-refractivity contribution < 1.29 is 17.3 Å². The molecule has 0 aromatic heterocycles. The molecule has 2 nitrogen and oxygen atoms in total. The van der Waals surface area contributed by atoms with Gasteiger partial charge in [0.15, 0.2) is 6.17 Å². The van der Waals surface area contributed by atoms with E-state index in [1.807, 2.05) is 4.90 Å². The van der Waals surface area contributed by atoms with Crippen molar-refractivity contribution in [1.82, 2.24) is 4.90 Å². The summed E-state index contributed by atoms with van der Waals surface area (Å²) in [5.41, 5.74) is 1.54. The van der Waals surface area contributed by atoms with Crippen LogP contribution in [0.25, 0.3) is 0 Å². The van der Waals surface area contributed by atoms with Gasteiger partial charge in [-0.05, 0) is 19.3 Å². The molecular weight excluding hydrogens is 460 g/mol. The van der Waals surface area contributed by atoms with Crippen LogP contribution in [0.2, 0.25) is 0 Å². The zero-order chi connectivity index (χ0) is 24.8. The molecule has 210 valence electrons. The molecular formula is C33H61ClN2. The van der Waals surface area contributed by atoms with E-state index in [1.54, 1.807) is 5.56 Å². The van der Waals surface area contributed by atoms with Crippen LogP contribution in [0.5, 0.6) is 0 Å². The van der Waals surface area contributed by atoms with Crippen molar-refractivity contribution in [3.63, 3.8) is 0 Å². The van der Waals surface area contributed by atoms with Gasteiger partial charge in [0.25, 0.3) is 0 Å². The van der Waals surface area contributed by atoms with Gasteiger partial charge in [-0.25, -0.2) is 4.90 Å². The van der Waals surface area contributed by atoms with Gasteiger partial charge in [-0.3, -0.25) is 0 Å². The normalized spacial score (nSPS) is 17.9. The lowest BCUT2D eigenvalue weighted by Gasteiger charge is -2.27. The Morgan fingerprint density at radius 2 is 1.06 bits per heavy atom. The standard InChI is InChI=1S/C33H60N2.ClH/c1-3-5-7-9-11-13-15-17-19-24-28-34-30-31-35(33(34)32-26-22-21-23-27-32)29-25-20-18-16-14-12-10-8-6-4-2;/h21-23,26-27,33H,3-20,24-25,28-31H2,1-2H3;1H. The molecule has 1 saturated heterocycles. The van der Waals surface area contributed by atoms with E-state index in [0.717, 1.165) is 0 Å². The minimum absolute atomic E-state index is 0. The maximum absolute atomic E-state index is 2.81. The highest BCUT2D eigenvalue weighted by molar-refractivity contribution is 5.17. The Kier molecular flexibility index (Phi) is 21.9. The molecule has 2 rings (SSSR count). The number of hydrogen-bond donors (Lipinski definition) is 1. The van der Waals surface area contributed by atoms with Crippen LogP contribution in [0.3, 0.4) is 0 Å². The Balaban J connectivity index is 0.00000648. The molecule has 0 bridgehead atoms. The zero-order valence-corrected chi connectivity index (χ0v) is 25.0. The largest absolute Gasteiger partial charge is 1.00 e. The molecule has 36 heavy (non-hydrogen) atoms. The highest BCUT2D eigenvalue weighted by Gasteiger charge is 2.36. The highest BCUT2D eigenvalue weighted by Crippen LogP contribution is 2.20. The predicted octanol–water partition coefficient (Wildman–Crippen LogP) is 5.73. The first-order valence-corrected chi connectivity index (χ1v) is 16.0. The molecule has 1 aromatic rings. The summed E-state index contributed by atoms with van der Waals surface area (Å²) in [7, 11) is 0. The summed E-state index contributed by atoms with van der Waals surface area (Å²) in [5, 5.41) is 0. The number of unbranched alkanes of at least 4 members (excludes halogenated alkanes) is 18. The Morgan fingerprint density at radius 3 is 1.56 bits per heavy atom. The van der Waals surface area contributed by atoms with Crippen molar-refractivity contribution in [2.45, 2.75) is 148 Å². The summed E-state index contributed by atoms with van der Waals surface area (Å²) < 4.78 is 0. The number of quaternary nitrogens is 1. The third-order valence-corrected chi connectivity index (χ3v) is 8.24. The van der Waals surface area contributed by atoms with E-state index in [9.17, 15) is 0 Å². The molecule has 2 atom stereocenters. The summed E-state index contributed by atoms with van der Waals surface area (Å²) >= 11 is 0. The number of hydrogen-bond acceptors (Lipinski definition) is 1. The fraction of sp³-hybridized carbons (Fsp3) is 0.818. The zero-order valence-electron chi connectivity index (χ0n) is 24.3. The fourth-order valence-electron chi connectivity index (χ4n) is 6.04. The quantitative estimate of drug-likeness (QED) is 0.181. The monoisotopic (exact) mass is 520 g/mol. The molecule has 1 aliphatic rings. The molecule has 0 amide bonds. The third-order valence-electron chi connectivity index (χ3n) is 8.24. The number of rotatable bonds is 23. The van der Waals surface area contributed by atoms with E-state index >= 15 is 0 Å². The summed E-state index contributed by atoms with van der Waals surface area (Å²) in [4.78, 5) is 4.63. The minimum atomic E-state index is 0. The van der Waals surface area contributed by atoms with Gasteiger partial charge >= 0.3 is 0 Å². The van der Waals surface area contributed by atoms with Gasteiger partial charge in [0.1, 0.15) is 0 Å². The molecule has 0 radical (unpaired) electrons. The Bertz CT molecular complexity index is 546. The number of halogens is 1. The van der Waals surface area contributed by atoms with Gasteiger partial charge in [-0.15, -0.1) is 0 Å². The second kappa shape index (κ2) is 23.5. The second-order valence-electron chi connectivity index (χ2n) is 11.4. The van der Waals surface area contributed by atoms with Crippen LogP contribution in [0.4, 0.5) is 0 Å². The summed E-state index contributed by atoms with van der Waals surface area (Å²) in [6, 6.07) is 11.4. The molecule has 0 aliphatic carbocycles. The van der Waals surface area contributed by atoms with Crippen LogP contribution in [-0.4, -0.2) is 31.1 Å².